The van der Waals surface area contributed by atoms with Crippen LogP contribution in [0, 0.1) is 5.82 Å². The molecular weight excluding hydrogens is 317 g/mol. The number of benzene rings is 1. The molecule has 0 unspecified atom stereocenters. The molecule has 1 aliphatic rings. The number of amides is 1. The highest BCUT2D eigenvalue weighted by Gasteiger charge is 2.22. The van der Waals surface area contributed by atoms with Gasteiger partial charge in [-0.25, -0.2) is 9.37 Å². The van der Waals surface area contributed by atoms with Crippen molar-refractivity contribution in [3.8, 4) is 0 Å². The van der Waals surface area contributed by atoms with Gasteiger partial charge < -0.3 is 9.80 Å². The fraction of sp³-hybridized carbons (Fsp3) is 0.400. The van der Waals surface area contributed by atoms with Crippen molar-refractivity contribution >= 4 is 11.7 Å². The zero-order chi connectivity index (χ0) is 17.6. The van der Waals surface area contributed by atoms with Gasteiger partial charge in [-0.3, -0.25) is 4.79 Å². The van der Waals surface area contributed by atoms with Crippen LogP contribution in [0.5, 0.6) is 0 Å². The molecule has 3 rings (SSSR count). The topological polar surface area (TPSA) is 36.4 Å². The highest BCUT2D eigenvalue weighted by Crippen LogP contribution is 2.18. The number of halogens is 1. The largest absolute Gasteiger partial charge is 0.352 e. The van der Waals surface area contributed by atoms with Crippen molar-refractivity contribution in [2.75, 3.05) is 31.1 Å². The van der Waals surface area contributed by atoms with E-state index in [0.29, 0.717) is 32.0 Å². The highest BCUT2D eigenvalue weighted by molar-refractivity contribution is 5.94. The quantitative estimate of drug-likeness (QED) is 0.854. The van der Waals surface area contributed by atoms with Crippen LogP contribution in [-0.2, 0) is 6.42 Å². The summed E-state index contributed by atoms with van der Waals surface area (Å²) in [6.07, 6.45) is 4.53. The molecule has 1 aromatic heterocycles. The number of carbonyl (C=O) groups is 1. The van der Waals surface area contributed by atoms with Crippen LogP contribution >= 0.6 is 0 Å². The summed E-state index contributed by atoms with van der Waals surface area (Å²) < 4.78 is 13.9. The monoisotopic (exact) mass is 341 g/mol. The van der Waals surface area contributed by atoms with E-state index in [1.54, 1.807) is 12.3 Å². The third-order valence-corrected chi connectivity index (χ3v) is 4.56. The van der Waals surface area contributed by atoms with Gasteiger partial charge in [-0.2, -0.15) is 0 Å². The smallest absolute Gasteiger partial charge is 0.253 e. The van der Waals surface area contributed by atoms with Crippen LogP contribution in [0.3, 0.4) is 0 Å². The van der Waals surface area contributed by atoms with Crippen molar-refractivity contribution in [3.05, 3.63) is 59.5 Å². The molecule has 1 aromatic carbocycles. The Morgan fingerprint density at radius 3 is 2.64 bits per heavy atom. The van der Waals surface area contributed by atoms with Gasteiger partial charge in [-0.15, -0.1) is 0 Å². The SMILES string of the molecule is CCCc1ccc(C(=O)N2CCCN(c3ncccc3F)CC2)cc1. The zero-order valence-electron chi connectivity index (χ0n) is 14.6. The summed E-state index contributed by atoms with van der Waals surface area (Å²) in [5.74, 6) is 0.112. The number of aromatic nitrogens is 1. The highest BCUT2D eigenvalue weighted by atomic mass is 19.1. The summed E-state index contributed by atoms with van der Waals surface area (Å²) >= 11 is 0. The van der Waals surface area contributed by atoms with Crippen LogP contribution < -0.4 is 4.90 Å². The lowest BCUT2D eigenvalue weighted by molar-refractivity contribution is 0.0767. The fourth-order valence-electron chi connectivity index (χ4n) is 3.23. The Morgan fingerprint density at radius 1 is 1.12 bits per heavy atom. The van der Waals surface area contributed by atoms with Crippen LogP contribution in [0.15, 0.2) is 42.6 Å². The van der Waals surface area contributed by atoms with Crippen LogP contribution in [0.25, 0.3) is 0 Å². The molecule has 0 saturated carbocycles. The molecule has 4 nitrogen and oxygen atoms in total. The lowest BCUT2D eigenvalue weighted by Gasteiger charge is -2.23. The van der Waals surface area contributed by atoms with Gasteiger partial charge in [0.25, 0.3) is 5.91 Å². The van der Waals surface area contributed by atoms with Crippen molar-refractivity contribution in [1.82, 2.24) is 9.88 Å². The van der Waals surface area contributed by atoms with Crippen molar-refractivity contribution < 1.29 is 9.18 Å². The molecule has 2 heterocycles. The maximum absolute atomic E-state index is 13.9. The molecule has 1 amide bonds. The fourth-order valence-corrected chi connectivity index (χ4v) is 3.23. The number of rotatable bonds is 4. The minimum Gasteiger partial charge on any atom is -0.352 e. The minimum absolute atomic E-state index is 0.0476. The summed E-state index contributed by atoms with van der Waals surface area (Å²) in [4.78, 5) is 20.7. The maximum atomic E-state index is 13.9. The van der Waals surface area contributed by atoms with Crippen LogP contribution in [0.2, 0.25) is 0 Å². The number of pyridine rings is 1. The Morgan fingerprint density at radius 2 is 1.92 bits per heavy atom. The van der Waals surface area contributed by atoms with Crippen molar-refractivity contribution in [2.45, 2.75) is 26.2 Å². The Hall–Kier alpha value is -2.43. The number of hydrogen-bond donors (Lipinski definition) is 0. The molecule has 0 spiro atoms. The van der Waals surface area contributed by atoms with Gasteiger partial charge in [0.15, 0.2) is 11.6 Å². The van der Waals surface area contributed by atoms with E-state index in [1.165, 1.54) is 11.6 Å². The number of nitrogens with zero attached hydrogens (tertiary/aromatic N) is 3. The molecule has 0 bridgehead atoms. The van der Waals surface area contributed by atoms with E-state index in [1.807, 2.05) is 34.1 Å². The van der Waals surface area contributed by atoms with Gasteiger partial charge in [0.05, 0.1) is 0 Å². The summed E-state index contributed by atoms with van der Waals surface area (Å²) in [7, 11) is 0. The first-order valence-electron chi connectivity index (χ1n) is 8.92. The molecule has 0 atom stereocenters. The van der Waals surface area contributed by atoms with Crippen LogP contribution in [-0.4, -0.2) is 42.0 Å². The second kappa shape index (κ2) is 8.10. The molecule has 1 fully saturated rings. The van der Waals surface area contributed by atoms with E-state index >= 15 is 0 Å². The predicted molar refractivity (Wildman–Crippen MR) is 97.4 cm³/mol. The summed E-state index contributed by atoms with van der Waals surface area (Å²) in [5, 5.41) is 0. The molecular formula is C20H24FN3O. The van der Waals surface area contributed by atoms with Gasteiger partial charge in [0.1, 0.15) is 0 Å². The number of carbonyl (C=O) groups excluding carboxylic acids is 1. The zero-order valence-corrected chi connectivity index (χ0v) is 14.6. The summed E-state index contributed by atoms with van der Waals surface area (Å²) in [6.45, 7) is 4.69. The Kier molecular flexibility index (Phi) is 5.64. The molecule has 1 saturated heterocycles. The van der Waals surface area contributed by atoms with Crippen molar-refractivity contribution in [2.24, 2.45) is 0 Å². The first-order valence-corrected chi connectivity index (χ1v) is 8.92. The van der Waals surface area contributed by atoms with E-state index in [-0.39, 0.29) is 11.7 Å². The third-order valence-electron chi connectivity index (χ3n) is 4.56. The lowest BCUT2D eigenvalue weighted by Crippen LogP contribution is -2.35. The second-order valence-electron chi connectivity index (χ2n) is 6.39. The van der Waals surface area contributed by atoms with E-state index < -0.39 is 0 Å². The van der Waals surface area contributed by atoms with Crippen LogP contribution in [0.1, 0.15) is 35.7 Å². The van der Waals surface area contributed by atoms with Gasteiger partial charge in [0.2, 0.25) is 0 Å². The van der Waals surface area contributed by atoms with Gasteiger partial charge in [0, 0.05) is 37.9 Å². The van der Waals surface area contributed by atoms with E-state index in [0.717, 1.165) is 24.8 Å². The standard InChI is InChI=1S/C20H24FN3O/c1-2-5-16-7-9-17(10-8-16)20(25)24-13-4-12-23(14-15-24)19-18(21)6-3-11-22-19/h3,6-11H,2,4-5,12-15H2,1H3. The van der Waals surface area contributed by atoms with Crippen LogP contribution in [0.4, 0.5) is 10.2 Å². The average molecular weight is 341 g/mol. The van der Waals surface area contributed by atoms with E-state index in [9.17, 15) is 9.18 Å². The van der Waals surface area contributed by atoms with E-state index in [2.05, 4.69) is 11.9 Å². The average Bonchev–Trinajstić information content (AvgIpc) is 2.88. The Balaban J connectivity index is 1.66. The molecule has 0 aliphatic carbocycles. The molecule has 1 aliphatic heterocycles. The number of anilines is 1. The van der Waals surface area contributed by atoms with Crippen molar-refractivity contribution in [1.29, 1.82) is 0 Å². The van der Waals surface area contributed by atoms with Gasteiger partial charge in [-0.05, 0) is 42.7 Å². The van der Waals surface area contributed by atoms with Gasteiger partial charge in [-0.1, -0.05) is 25.5 Å². The van der Waals surface area contributed by atoms with E-state index in [4.69, 9.17) is 0 Å². The minimum atomic E-state index is -0.311. The van der Waals surface area contributed by atoms with Gasteiger partial charge >= 0.3 is 0 Å². The molecule has 5 heteroatoms. The molecule has 2 aromatic rings. The Labute approximate surface area is 148 Å². The summed E-state index contributed by atoms with van der Waals surface area (Å²) in [5.41, 5.74) is 1.98. The predicted octanol–water partition coefficient (Wildman–Crippen LogP) is 3.53. The Bertz CT molecular complexity index is 717. The van der Waals surface area contributed by atoms with Crippen molar-refractivity contribution in [3.63, 3.8) is 0 Å². The molecule has 0 N–H and O–H groups in total. The molecule has 0 radical (unpaired) electrons. The second-order valence-corrected chi connectivity index (χ2v) is 6.39. The maximum Gasteiger partial charge on any atom is 0.253 e. The third kappa shape index (κ3) is 4.16. The lowest BCUT2D eigenvalue weighted by atomic mass is 10.1. The molecule has 25 heavy (non-hydrogen) atoms. The first-order chi connectivity index (χ1) is 12.2. The normalized spacial score (nSPS) is 15.1. The number of hydrogen-bond acceptors (Lipinski definition) is 3. The number of aryl methyl sites for hydroxylation is 1. The summed E-state index contributed by atoms with van der Waals surface area (Å²) in [6, 6.07) is 10.9. The molecule has 132 valence electrons. The first kappa shape index (κ1) is 17.4.